The number of aryl methyl sites for hydroxylation is 2. The van der Waals surface area contributed by atoms with Crippen LogP contribution in [0.15, 0.2) is 30.3 Å². The first-order valence-electron chi connectivity index (χ1n) is 5.47. The summed E-state index contributed by atoms with van der Waals surface area (Å²) in [7, 11) is 0. The highest BCUT2D eigenvalue weighted by Gasteiger charge is 2.11. The van der Waals surface area contributed by atoms with Crippen LogP contribution < -0.4 is 10.5 Å². The Bertz CT molecular complexity index is 553. The summed E-state index contributed by atoms with van der Waals surface area (Å²) in [6.07, 6.45) is 0. The minimum atomic E-state index is 0.479. The predicted octanol–water partition coefficient (Wildman–Crippen LogP) is 4.98. The third-order valence-corrected chi connectivity index (χ3v) is 3.14. The third kappa shape index (κ3) is 2.55. The van der Waals surface area contributed by atoms with Gasteiger partial charge in [-0.1, -0.05) is 29.3 Å². The number of ether oxygens (including phenoxy) is 1. The summed E-state index contributed by atoms with van der Waals surface area (Å²) in [5, 5.41) is 1.17. The summed E-state index contributed by atoms with van der Waals surface area (Å²) in [6, 6.07) is 8.97. The zero-order valence-electron chi connectivity index (χ0n) is 10.1. The van der Waals surface area contributed by atoms with E-state index in [2.05, 4.69) is 0 Å². The first-order chi connectivity index (χ1) is 8.49. The lowest BCUT2D eigenvalue weighted by Gasteiger charge is -2.14. The Morgan fingerprint density at radius 3 is 2.17 bits per heavy atom. The first-order valence-corrected chi connectivity index (χ1v) is 6.23. The highest BCUT2D eigenvalue weighted by Crippen LogP contribution is 2.38. The van der Waals surface area contributed by atoms with E-state index in [9.17, 15) is 0 Å². The molecular weight excluding hydrogens is 269 g/mol. The molecule has 18 heavy (non-hydrogen) atoms. The molecule has 4 heteroatoms. The molecule has 0 unspecified atom stereocenters. The Balaban J connectivity index is 2.47. The summed E-state index contributed by atoms with van der Waals surface area (Å²) >= 11 is 12.1. The predicted molar refractivity (Wildman–Crippen MR) is 76.9 cm³/mol. The number of para-hydroxylation sites is 1. The SMILES string of the molecule is Cc1cc(Cl)cc(C)c1Oc1c(N)cccc1Cl. The highest BCUT2D eigenvalue weighted by atomic mass is 35.5. The number of halogens is 2. The summed E-state index contributed by atoms with van der Waals surface area (Å²) < 4.78 is 5.84. The van der Waals surface area contributed by atoms with Crippen LogP contribution in [0.3, 0.4) is 0 Å². The van der Waals surface area contributed by atoms with Crippen molar-refractivity contribution in [2.75, 3.05) is 5.73 Å². The Morgan fingerprint density at radius 1 is 1.00 bits per heavy atom. The maximum Gasteiger partial charge on any atom is 0.168 e. The number of hydrogen-bond donors (Lipinski definition) is 1. The van der Waals surface area contributed by atoms with Crippen LogP contribution in [-0.2, 0) is 0 Å². The zero-order valence-corrected chi connectivity index (χ0v) is 11.6. The average Bonchev–Trinajstić information content (AvgIpc) is 2.26. The molecule has 0 aliphatic heterocycles. The maximum atomic E-state index is 6.08. The van der Waals surface area contributed by atoms with Gasteiger partial charge in [0.15, 0.2) is 5.75 Å². The molecule has 2 aromatic carbocycles. The van der Waals surface area contributed by atoms with Gasteiger partial charge in [0.2, 0.25) is 0 Å². The molecule has 0 amide bonds. The van der Waals surface area contributed by atoms with Crippen molar-refractivity contribution in [1.82, 2.24) is 0 Å². The molecule has 0 saturated carbocycles. The standard InChI is InChI=1S/C14H13Cl2NO/c1-8-6-10(15)7-9(2)13(8)18-14-11(16)4-3-5-12(14)17/h3-7H,17H2,1-2H3. The molecule has 0 heterocycles. The number of nitrogen functional groups attached to an aromatic ring is 1. The summed E-state index contributed by atoms with van der Waals surface area (Å²) in [4.78, 5) is 0. The smallest absolute Gasteiger partial charge is 0.168 e. The van der Waals surface area contributed by atoms with Gasteiger partial charge in [0.05, 0.1) is 10.7 Å². The monoisotopic (exact) mass is 281 g/mol. The third-order valence-electron chi connectivity index (χ3n) is 2.63. The Hall–Kier alpha value is -1.38. The summed E-state index contributed by atoms with van der Waals surface area (Å²) in [5.74, 6) is 1.21. The topological polar surface area (TPSA) is 35.2 Å². The van der Waals surface area contributed by atoms with E-state index in [1.54, 1.807) is 18.2 Å². The molecule has 0 fully saturated rings. The average molecular weight is 282 g/mol. The molecule has 2 N–H and O–H groups in total. The van der Waals surface area contributed by atoms with Gasteiger partial charge in [-0.15, -0.1) is 0 Å². The number of nitrogens with two attached hydrogens (primary N) is 1. The van der Waals surface area contributed by atoms with E-state index >= 15 is 0 Å². The van der Waals surface area contributed by atoms with Crippen LogP contribution in [0.5, 0.6) is 11.5 Å². The van der Waals surface area contributed by atoms with Crippen molar-refractivity contribution in [3.63, 3.8) is 0 Å². The van der Waals surface area contributed by atoms with Gasteiger partial charge in [0.1, 0.15) is 5.75 Å². The molecule has 0 saturated heterocycles. The molecule has 2 rings (SSSR count). The van der Waals surface area contributed by atoms with Gasteiger partial charge in [-0.25, -0.2) is 0 Å². The molecule has 0 aliphatic carbocycles. The van der Waals surface area contributed by atoms with Gasteiger partial charge in [0, 0.05) is 5.02 Å². The van der Waals surface area contributed by atoms with E-state index in [4.69, 9.17) is 33.7 Å². The van der Waals surface area contributed by atoms with Gasteiger partial charge < -0.3 is 10.5 Å². The fourth-order valence-electron chi connectivity index (χ4n) is 1.79. The molecular formula is C14H13Cl2NO. The van der Waals surface area contributed by atoms with Gasteiger partial charge in [0.25, 0.3) is 0 Å². The molecule has 0 aromatic heterocycles. The van der Waals surface area contributed by atoms with Crippen LogP contribution in [0.25, 0.3) is 0 Å². The second-order valence-corrected chi connectivity index (χ2v) is 4.97. The fourth-order valence-corrected chi connectivity index (χ4v) is 2.34. The first kappa shape index (κ1) is 13.1. The van der Waals surface area contributed by atoms with E-state index in [1.165, 1.54) is 0 Å². The Labute approximate surface area is 116 Å². The van der Waals surface area contributed by atoms with Crippen LogP contribution >= 0.6 is 23.2 Å². The van der Waals surface area contributed by atoms with Crippen LogP contribution in [0, 0.1) is 13.8 Å². The largest absolute Gasteiger partial charge is 0.453 e. The van der Waals surface area contributed by atoms with E-state index in [1.807, 2.05) is 26.0 Å². The van der Waals surface area contributed by atoms with Crippen LogP contribution in [0.1, 0.15) is 11.1 Å². The number of benzene rings is 2. The van der Waals surface area contributed by atoms with Crippen molar-refractivity contribution in [3.8, 4) is 11.5 Å². The normalized spacial score (nSPS) is 10.4. The van der Waals surface area contributed by atoms with Crippen LogP contribution in [0.4, 0.5) is 5.69 Å². The van der Waals surface area contributed by atoms with Crippen molar-refractivity contribution in [2.24, 2.45) is 0 Å². The lowest BCUT2D eigenvalue weighted by Crippen LogP contribution is -1.96. The van der Waals surface area contributed by atoms with Crippen molar-refractivity contribution in [3.05, 3.63) is 51.5 Å². The lowest BCUT2D eigenvalue weighted by atomic mass is 10.1. The van der Waals surface area contributed by atoms with Gasteiger partial charge in [-0.2, -0.15) is 0 Å². The van der Waals surface area contributed by atoms with E-state index in [-0.39, 0.29) is 0 Å². The van der Waals surface area contributed by atoms with Crippen molar-refractivity contribution in [1.29, 1.82) is 0 Å². The second-order valence-electron chi connectivity index (χ2n) is 4.13. The van der Waals surface area contributed by atoms with Crippen LogP contribution in [0.2, 0.25) is 10.0 Å². The molecule has 2 nitrogen and oxygen atoms in total. The summed E-state index contributed by atoms with van der Waals surface area (Å²) in [6.45, 7) is 3.86. The van der Waals surface area contributed by atoms with E-state index < -0.39 is 0 Å². The second kappa shape index (κ2) is 5.09. The van der Waals surface area contributed by atoms with Gasteiger partial charge >= 0.3 is 0 Å². The van der Waals surface area contributed by atoms with Gasteiger partial charge in [-0.3, -0.25) is 0 Å². The minimum absolute atomic E-state index is 0.479. The molecule has 94 valence electrons. The Morgan fingerprint density at radius 2 is 1.61 bits per heavy atom. The number of anilines is 1. The maximum absolute atomic E-state index is 6.08. The molecule has 0 radical (unpaired) electrons. The zero-order chi connectivity index (χ0) is 13.3. The minimum Gasteiger partial charge on any atom is -0.453 e. The molecule has 0 aliphatic rings. The van der Waals surface area contributed by atoms with Crippen molar-refractivity contribution in [2.45, 2.75) is 13.8 Å². The highest BCUT2D eigenvalue weighted by molar-refractivity contribution is 6.32. The number of hydrogen-bond acceptors (Lipinski definition) is 2. The van der Waals surface area contributed by atoms with Crippen molar-refractivity contribution >= 4 is 28.9 Å². The lowest BCUT2D eigenvalue weighted by molar-refractivity contribution is 0.477. The summed E-state index contributed by atoms with van der Waals surface area (Å²) in [5.41, 5.74) is 8.26. The van der Waals surface area contributed by atoms with Crippen LogP contribution in [-0.4, -0.2) is 0 Å². The van der Waals surface area contributed by atoms with Gasteiger partial charge in [-0.05, 0) is 49.2 Å². The quantitative estimate of drug-likeness (QED) is 0.788. The van der Waals surface area contributed by atoms with E-state index in [0.717, 1.165) is 16.9 Å². The molecule has 0 spiro atoms. The fraction of sp³-hybridized carbons (Fsp3) is 0.143. The van der Waals surface area contributed by atoms with Crippen molar-refractivity contribution < 1.29 is 4.74 Å². The molecule has 0 atom stereocenters. The number of rotatable bonds is 2. The molecule has 2 aromatic rings. The Kier molecular flexibility index (Phi) is 3.69. The molecule has 0 bridgehead atoms. The van der Waals surface area contributed by atoms with E-state index in [0.29, 0.717) is 21.5 Å².